The van der Waals surface area contributed by atoms with Crippen LogP contribution in [0.5, 0.6) is 0 Å². The molecule has 5 nitrogen and oxygen atoms in total. The fourth-order valence-electron chi connectivity index (χ4n) is 1.51. The Balaban J connectivity index is 3.17. The molecule has 0 bridgehead atoms. The molecule has 0 spiro atoms. The number of methoxy groups -OCH3 is 1. The lowest BCUT2D eigenvalue weighted by Gasteiger charge is -2.13. The van der Waals surface area contributed by atoms with E-state index in [1.165, 1.54) is 13.2 Å². The monoisotopic (exact) mass is 348 g/mol. The molecule has 19 heavy (non-hydrogen) atoms. The van der Waals surface area contributed by atoms with Crippen molar-refractivity contribution < 1.29 is 14.6 Å². The molecule has 0 atom stereocenters. The Morgan fingerprint density at radius 3 is 2.79 bits per heavy atom. The van der Waals surface area contributed by atoms with Crippen LogP contribution in [0, 0.1) is 5.41 Å². The molecular formula is C12H14BrClN2O3. The lowest BCUT2D eigenvalue weighted by atomic mass is 10.1. The molecular weight excluding hydrogens is 336 g/mol. The van der Waals surface area contributed by atoms with Crippen LogP contribution in [0.25, 0.3) is 0 Å². The van der Waals surface area contributed by atoms with Gasteiger partial charge in [-0.05, 0) is 34.5 Å². The molecule has 7 heteroatoms. The van der Waals surface area contributed by atoms with Crippen molar-refractivity contribution in [3.05, 3.63) is 28.3 Å². The largest absolute Gasteiger partial charge is 0.465 e. The molecule has 0 radical (unpaired) electrons. The van der Waals surface area contributed by atoms with E-state index >= 15 is 0 Å². The summed E-state index contributed by atoms with van der Waals surface area (Å²) >= 11 is 9.14. The van der Waals surface area contributed by atoms with Gasteiger partial charge in [-0.15, -0.1) is 0 Å². The van der Waals surface area contributed by atoms with E-state index in [4.69, 9.17) is 22.1 Å². The molecule has 0 aromatic heterocycles. The third-order valence-corrected chi connectivity index (χ3v) is 3.08. The zero-order valence-corrected chi connectivity index (χ0v) is 12.6. The van der Waals surface area contributed by atoms with Gasteiger partial charge in [0.2, 0.25) is 0 Å². The highest BCUT2D eigenvalue weighted by molar-refractivity contribution is 9.18. The number of nitrogens with one attached hydrogen (secondary N) is 2. The topological polar surface area (TPSA) is 82.4 Å². The smallest absolute Gasteiger partial charge is 0.337 e. The van der Waals surface area contributed by atoms with E-state index < -0.39 is 5.97 Å². The van der Waals surface area contributed by atoms with Crippen molar-refractivity contribution in [1.29, 1.82) is 5.41 Å². The molecule has 0 aliphatic carbocycles. The summed E-state index contributed by atoms with van der Waals surface area (Å²) in [5.41, 5.74) is 1.31. The maximum Gasteiger partial charge on any atom is 0.337 e. The predicted octanol–water partition coefficient (Wildman–Crippen LogP) is 2.64. The second kappa shape index (κ2) is 7.47. The molecule has 0 unspecified atom stereocenters. The average Bonchev–Trinajstić information content (AvgIpc) is 2.37. The maximum absolute atomic E-state index is 11.5. The number of anilines is 1. The van der Waals surface area contributed by atoms with Gasteiger partial charge in [-0.1, -0.05) is 11.6 Å². The minimum Gasteiger partial charge on any atom is -0.465 e. The number of halogens is 2. The molecule has 1 aromatic rings. The van der Waals surface area contributed by atoms with Crippen LogP contribution in [-0.4, -0.2) is 36.0 Å². The summed E-state index contributed by atoms with van der Waals surface area (Å²) < 4.78 is 4.75. The SMILES string of the molecule is COC(=O)c1cc(Cl)c(C(=N)Br)c(NCCCO)c1. The third kappa shape index (κ3) is 4.19. The number of aliphatic hydroxyl groups excluding tert-OH is 1. The first kappa shape index (κ1) is 15.9. The Bertz CT molecular complexity index is 494. The van der Waals surface area contributed by atoms with Crippen LogP contribution in [0.4, 0.5) is 5.69 Å². The number of carbonyl (C=O) groups is 1. The molecule has 0 heterocycles. The van der Waals surface area contributed by atoms with Crippen LogP contribution in [0.3, 0.4) is 0 Å². The van der Waals surface area contributed by atoms with Crippen LogP contribution in [0.1, 0.15) is 22.3 Å². The summed E-state index contributed by atoms with van der Waals surface area (Å²) in [5.74, 6) is -0.500. The highest BCUT2D eigenvalue weighted by Crippen LogP contribution is 2.29. The van der Waals surface area contributed by atoms with Crippen molar-refractivity contribution in [3.63, 3.8) is 0 Å². The Kier molecular flexibility index (Phi) is 6.27. The Morgan fingerprint density at radius 2 is 2.26 bits per heavy atom. The standard InChI is InChI=1S/C12H14BrClN2O3/c1-19-12(18)7-5-8(14)10(11(13)15)9(6-7)16-3-2-4-17/h5-6,15-17H,2-4H2,1H3. The van der Waals surface area contributed by atoms with E-state index in [0.717, 1.165) is 0 Å². The van der Waals surface area contributed by atoms with Crippen LogP contribution >= 0.6 is 27.5 Å². The number of esters is 1. The van der Waals surface area contributed by atoms with Gasteiger partial charge in [0.05, 0.1) is 17.7 Å². The summed E-state index contributed by atoms with van der Waals surface area (Å²) in [6.45, 7) is 0.559. The molecule has 0 aliphatic heterocycles. The van der Waals surface area contributed by atoms with Crippen LogP contribution in [-0.2, 0) is 4.74 Å². The molecule has 0 saturated carbocycles. The van der Waals surface area contributed by atoms with Gasteiger partial charge in [0.15, 0.2) is 0 Å². The van der Waals surface area contributed by atoms with Gasteiger partial charge >= 0.3 is 5.97 Å². The van der Waals surface area contributed by atoms with Gasteiger partial charge in [0.25, 0.3) is 0 Å². The summed E-state index contributed by atoms with van der Waals surface area (Å²) in [6.07, 6.45) is 0.551. The van der Waals surface area contributed by atoms with Crippen molar-refractivity contribution in [2.24, 2.45) is 0 Å². The Morgan fingerprint density at radius 1 is 1.58 bits per heavy atom. The van der Waals surface area contributed by atoms with E-state index in [1.807, 2.05) is 0 Å². The second-order valence-corrected chi connectivity index (χ2v) is 4.89. The van der Waals surface area contributed by atoms with E-state index in [2.05, 4.69) is 26.0 Å². The third-order valence-electron chi connectivity index (χ3n) is 2.38. The molecule has 0 amide bonds. The number of aliphatic hydroxyl groups is 1. The minimum atomic E-state index is -0.500. The van der Waals surface area contributed by atoms with Crippen molar-refractivity contribution in [1.82, 2.24) is 0 Å². The summed E-state index contributed by atoms with van der Waals surface area (Å²) in [6, 6.07) is 3.02. The highest BCUT2D eigenvalue weighted by Gasteiger charge is 2.16. The van der Waals surface area contributed by atoms with E-state index in [1.54, 1.807) is 6.07 Å². The Hall–Kier alpha value is -1.11. The van der Waals surface area contributed by atoms with Crippen molar-refractivity contribution >= 4 is 43.8 Å². The molecule has 104 valence electrons. The highest BCUT2D eigenvalue weighted by atomic mass is 79.9. The summed E-state index contributed by atoms with van der Waals surface area (Å²) in [5, 5.41) is 19.7. The normalized spacial score (nSPS) is 10.1. The van der Waals surface area contributed by atoms with Gasteiger partial charge in [-0.2, -0.15) is 0 Å². The van der Waals surface area contributed by atoms with Crippen molar-refractivity contribution in [3.8, 4) is 0 Å². The molecule has 1 aromatic carbocycles. The predicted molar refractivity (Wildman–Crippen MR) is 78.7 cm³/mol. The maximum atomic E-state index is 11.5. The van der Waals surface area contributed by atoms with Gasteiger partial charge in [-0.25, -0.2) is 4.79 Å². The van der Waals surface area contributed by atoms with Gasteiger partial charge in [-0.3, -0.25) is 5.41 Å². The van der Waals surface area contributed by atoms with E-state index in [-0.39, 0.29) is 16.3 Å². The number of carbonyl (C=O) groups excluding carboxylic acids is 1. The summed E-state index contributed by atoms with van der Waals surface area (Å²) in [7, 11) is 1.29. The first-order valence-electron chi connectivity index (χ1n) is 5.52. The quantitative estimate of drug-likeness (QED) is 0.419. The van der Waals surface area contributed by atoms with Crippen molar-refractivity contribution in [2.45, 2.75) is 6.42 Å². The fourth-order valence-corrected chi connectivity index (χ4v) is 2.36. The van der Waals surface area contributed by atoms with E-state index in [9.17, 15) is 4.79 Å². The fraction of sp³-hybridized carbons (Fsp3) is 0.333. The van der Waals surface area contributed by atoms with Crippen molar-refractivity contribution in [2.75, 3.05) is 25.6 Å². The number of hydrogen-bond acceptors (Lipinski definition) is 5. The van der Waals surface area contributed by atoms with Gasteiger partial charge in [0.1, 0.15) is 4.62 Å². The zero-order valence-electron chi connectivity index (χ0n) is 10.3. The Labute approximate surface area is 124 Å². The summed E-state index contributed by atoms with van der Waals surface area (Å²) in [4.78, 5) is 11.5. The van der Waals surface area contributed by atoms with Gasteiger partial charge < -0.3 is 15.2 Å². The lowest BCUT2D eigenvalue weighted by Crippen LogP contribution is -2.10. The van der Waals surface area contributed by atoms with Crippen LogP contribution in [0.15, 0.2) is 12.1 Å². The van der Waals surface area contributed by atoms with Gasteiger partial charge in [0, 0.05) is 24.4 Å². The number of rotatable bonds is 6. The first-order valence-corrected chi connectivity index (χ1v) is 6.69. The minimum absolute atomic E-state index is 0.0541. The van der Waals surface area contributed by atoms with Crippen LogP contribution < -0.4 is 5.32 Å². The number of hydrogen-bond donors (Lipinski definition) is 3. The number of ether oxygens (including phenoxy) is 1. The molecule has 0 saturated heterocycles. The second-order valence-electron chi connectivity index (χ2n) is 3.69. The molecule has 3 N–H and O–H groups in total. The first-order chi connectivity index (χ1) is 9.01. The molecule has 1 rings (SSSR count). The lowest BCUT2D eigenvalue weighted by molar-refractivity contribution is 0.0601. The molecule has 0 aliphatic rings. The van der Waals surface area contributed by atoms with E-state index in [0.29, 0.717) is 29.8 Å². The zero-order chi connectivity index (χ0) is 14.4. The molecule has 0 fully saturated rings. The number of benzene rings is 1. The van der Waals surface area contributed by atoms with Crippen LogP contribution in [0.2, 0.25) is 5.02 Å². The average molecular weight is 350 g/mol.